The van der Waals surface area contributed by atoms with Crippen LogP contribution in [0.2, 0.25) is 0 Å². The van der Waals surface area contributed by atoms with E-state index in [9.17, 15) is 9.59 Å². The number of nitrogens with one attached hydrogen (secondary N) is 2. The maximum absolute atomic E-state index is 11.7. The van der Waals surface area contributed by atoms with Crippen LogP contribution < -0.4 is 31.6 Å². The molecule has 57 heavy (non-hydrogen) atoms. The Kier molecular flexibility index (Phi) is 14.2. The third kappa shape index (κ3) is 11.0. The van der Waals surface area contributed by atoms with Gasteiger partial charge in [0.1, 0.15) is 22.8 Å². The highest BCUT2D eigenvalue weighted by Crippen LogP contribution is 2.39. The van der Waals surface area contributed by atoms with E-state index in [0.29, 0.717) is 34.6 Å². The minimum absolute atomic E-state index is 0.312. The first-order valence-corrected chi connectivity index (χ1v) is 21.4. The van der Waals surface area contributed by atoms with Gasteiger partial charge in [-0.2, -0.15) is 0 Å². The summed E-state index contributed by atoms with van der Waals surface area (Å²) in [5.41, 5.74) is 16.9. The Morgan fingerprint density at radius 3 is 2.04 bits per heavy atom. The molecule has 10 heteroatoms. The SMILES string of the molecule is NC(=O)c1ccc(Oc2ccc3c(c2)C(CNCC2CCCCC2)CC3)nc1.NC(=O)c1cnccc1Oc1cccc2c1CCCC2CNCC1CCCCC1. The van der Waals surface area contributed by atoms with Crippen LogP contribution in [0.4, 0.5) is 0 Å². The molecule has 4 aliphatic carbocycles. The predicted molar refractivity (Wildman–Crippen MR) is 224 cm³/mol. The van der Waals surface area contributed by atoms with Crippen molar-refractivity contribution in [3.63, 3.8) is 0 Å². The van der Waals surface area contributed by atoms with Crippen LogP contribution in [0.5, 0.6) is 23.1 Å². The van der Waals surface area contributed by atoms with E-state index < -0.39 is 11.8 Å². The van der Waals surface area contributed by atoms with Crippen molar-refractivity contribution in [3.05, 3.63) is 107 Å². The average Bonchev–Trinajstić information content (AvgIpc) is 3.64. The summed E-state index contributed by atoms with van der Waals surface area (Å²) in [4.78, 5) is 31.0. The molecule has 6 N–H and O–H groups in total. The number of hydrogen-bond acceptors (Lipinski definition) is 8. The second-order valence-corrected chi connectivity index (χ2v) is 16.5. The molecule has 0 aliphatic heterocycles. The van der Waals surface area contributed by atoms with Gasteiger partial charge in [0.25, 0.3) is 5.91 Å². The van der Waals surface area contributed by atoms with Crippen LogP contribution in [0.1, 0.15) is 138 Å². The molecular formula is C47H60N6O4. The Bertz CT molecular complexity index is 1940. The molecule has 0 bridgehead atoms. The highest BCUT2D eigenvalue weighted by atomic mass is 16.5. The lowest BCUT2D eigenvalue weighted by Gasteiger charge is -2.29. The topological polar surface area (TPSA) is 154 Å². The molecule has 2 saturated carbocycles. The normalized spacial score (nSPS) is 19.4. The molecule has 10 nitrogen and oxygen atoms in total. The van der Waals surface area contributed by atoms with Crippen molar-refractivity contribution >= 4 is 11.8 Å². The number of nitrogens with zero attached hydrogens (tertiary/aromatic N) is 2. The molecule has 302 valence electrons. The number of hydrogen-bond donors (Lipinski definition) is 4. The van der Waals surface area contributed by atoms with E-state index in [2.05, 4.69) is 44.9 Å². The maximum atomic E-state index is 11.7. The largest absolute Gasteiger partial charge is 0.456 e. The maximum Gasteiger partial charge on any atom is 0.254 e. The molecule has 2 aromatic carbocycles. The smallest absolute Gasteiger partial charge is 0.254 e. The lowest BCUT2D eigenvalue weighted by molar-refractivity contribution is 0.0990. The van der Waals surface area contributed by atoms with Crippen LogP contribution in [-0.2, 0) is 12.8 Å². The zero-order valence-corrected chi connectivity index (χ0v) is 33.4. The number of aryl methyl sites for hydroxylation is 1. The van der Waals surface area contributed by atoms with E-state index in [1.165, 1.54) is 112 Å². The number of nitrogens with two attached hydrogens (primary N) is 2. The molecule has 0 radical (unpaired) electrons. The first-order valence-electron chi connectivity index (χ1n) is 21.4. The summed E-state index contributed by atoms with van der Waals surface area (Å²) in [5.74, 6) is 4.31. The molecular weight excluding hydrogens is 713 g/mol. The van der Waals surface area contributed by atoms with Gasteiger partial charge in [-0.15, -0.1) is 0 Å². The van der Waals surface area contributed by atoms with Gasteiger partial charge in [0.15, 0.2) is 0 Å². The van der Waals surface area contributed by atoms with Crippen molar-refractivity contribution < 1.29 is 19.1 Å². The van der Waals surface area contributed by atoms with Crippen LogP contribution in [0.25, 0.3) is 0 Å². The molecule has 2 heterocycles. The van der Waals surface area contributed by atoms with Gasteiger partial charge in [0.05, 0.1) is 5.56 Å². The fourth-order valence-corrected chi connectivity index (χ4v) is 9.35. The van der Waals surface area contributed by atoms with Crippen LogP contribution in [0, 0.1) is 11.8 Å². The number of carbonyl (C=O) groups excluding carboxylic acids is 2. The number of pyridine rings is 2. The Morgan fingerprint density at radius 1 is 0.649 bits per heavy atom. The molecule has 2 atom stereocenters. The molecule has 2 aromatic heterocycles. The van der Waals surface area contributed by atoms with Gasteiger partial charge in [-0.05, 0) is 147 Å². The van der Waals surface area contributed by atoms with Crippen molar-refractivity contribution in [3.8, 4) is 23.1 Å². The van der Waals surface area contributed by atoms with Crippen LogP contribution in [0.15, 0.2) is 73.2 Å². The quantitative estimate of drug-likeness (QED) is 0.0993. The number of aromatic nitrogens is 2. The minimum Gasteiger partial charge on any atom is -0.456 e. The van der Waals surface area contributed by atoms with Crippen molar-refractivity contribution in [2.24, 2.45) is 23.3 Å². The zero-order chi connectivity index (χ0) is 39.4. The molecule has 0 spiro atoms. The lowest BCUT2D eigenvalue weighted by atomic mass is 9.82. The van der Waals surface area contributed by atoms with Gasteiger partial charge in [0.2, 0.25) is 11.8 Å². The van der Waals surface area contributed by atoms with E-state index in [1.807, 2.05) is 12.1 Å². The van der Waals surface area contributed by atoms with E-state index >= 15 is 0 Å². The second-order valence-electron chi connectivity index (χ2n) is 16.5. The van der Waals surface area contributed by atoms with Crippen LogP contribution >= 0.6 is 0 Å². The number of ether oxygens (including phenoxy) is 2. The summed E-state index contributed by atoms with van der Waals surface area (Å²) in [6, 6.07) is 17.6. The Hall–Kier alpha value is -4.80. The Labute approximate surface area is 337 Å². The lowest BCUT2D eigenvalue weighted by Crippen LogP contribution is -2.29. The van der Waals surface area contributed by atoms with Crippen LogP contribution in [-0.4, -0.2) is 48.0 Å². The predicted octanol–water partition coefficient (Wildman–Crippen LogP) is 8.74. The van der Waals surface area contributed by atoms with Gasteiger partial charge in [-0.1, -0.05) is 56.7 Å². The summed E-state index contributed by atoms with van der Waals surface area (Å²) in [6.45, 7) is 4.35. The van der Waals surface area contributed by atoms with Gasteiger partial charge < -0.3 is 31.6 Å². The summed E-state index contributed by atoms with van der Waals surface area (Å²) < 4.78 is 12.1. The minimum atomic E-state index is -0.525. The zero-order valence-electron chi connectivity index (χ0n) is 33.4. The van der Waals surface area contributed by atoms with Crippen molar-refractivity contribution in [2.45, 2.75) is 108 Å². The molecule has 2 unspecified atom stereocenters. The number of fused-ring (bicyclic) bond motifs is 2. The van der Waals surface area contributed by atoms with Gasteiger partial charge >= 0.3 is 0 Å². The Morgan fingerprint density at radius 2 is 1.37 bits per heavy atom. The third-order valence-electron chi connectivity index (χ3n) is 12.5. The van der Waals surface area contributed by atoms with E-state index in [0.717, 1.165) is 68.8 Å². The first-order chi connectivity index (χ1) is 27.9. The fraction of sp³-hybridized carbons (Fsp3) is 0.489. The first kappa shape index (κ1) is 40.4. The number of benzene rings is 2. The van der Waals surface area contributed by atoms with Gasteiger partial charge in [-0.3, -0.25) is 14.6 Å². The van der Waals surface area contributed by atoms with Crippen LogP contribution in [0.3, 0.4) is 0 Å². The standard InChI is InChI=1S/C24H31N3O2.C23H29N3O2/c25-24(28)21-16-26-13-12-23(21)29-22-11-5-9-19-18(8-4-10-20(19)22)15-27-14-17-6-2-1-3-7-17;24-23(27)19-9-11-22(26-15-19)28-20-10-8-17-6-7-18(21(17)12-20)14-25-13-16-4-2-1-3-5-16/h5,9,11-13,16-18,27H,1-4,6-8,10,14-15H2,(H2,25,28);8-12,15-16,18,25H,1-7,13-14H2,(H2,24,27). The van der Waals surface area contributed by atoms with Crippen molar-refractivity contribution in [1.82, 2.24) is 20.6 Å². The summed E-state index contributed by atoms with van der Waals surface area (Å²) in [7, 11) is 0. The molecule has 2 fully saturated rings. The average molecular weight is 773 g/mol. The molecule has 0 saturated heterocycles. The van der Waals surface area contributed by atoms with Crippen molar-refractivity contribution in [2.75, 3.05) is 26.2 Å². The number of rotatable bonds is 14. The van der Waals surface area contributed by atoms with E-state index in [4.69, 9.17) is 20.9 Å². The summed E-state index contributed by atoms with van der Waals surface area (Å²) in [5, 5.41) is 7.48. The van der Waals surface area contributed by atoms with E-state index in [1.54, 1.807) is 24.4 Å². The molecule has 8 rings (SSSR count). The number of amides is 2. The van der Waals surface area contributed by atoms with Crippen molar-refractivity contribution in [1.29, 1.82) is 0 Å². The molecule has 4 aliphatic rings. The highest BCUT2D eigenvalue weighted by Gasteiger charge is 2.26. The summed E-state index contributed by atoms with van der Waals surface area (Å²) in [6.07, 6.45) is 24.1. The highest BCUT2D eigenvalue weighted by molar-refractivity contribution is 5.95. The second kappa shape index (κ2) is 20.1. The molecule has 4 aromatic rings. The molecule has 2 amide bonds. The van der Waals surface area contributed by atoms with Gasteiger partial charge in [0, 0.05) is 37.7 Å². The van der Waals surface area contributed by atoms with Gasteiger partial charge in [-0.25, -0.2) is 4.98 Å². The fourth-order valence-electron chi connectivity index (χ4n) is 9.35. The number of primary amides is 2. The Balaban J connectivity index is 0.000000174. The summed E-state index contributed by atoms with van der Waals surface area (Å²) >= 11 is 0. The van der Waals surface area contributed by atoms with E-state index in [-0.39, 0.29) is 0 Å². The monoisotopic (exact) mass is 772 g/mol. The number of carbonyl (C=O) groups is 2. The third-order valence-corrected chi connectivity index (χ3v) is 12.5.